The van der Waals surface area contributed by atoms with Gasteiger partial charge in [-0.15, -0.1) is 0 Å². The molecule has 0 aliphatic carbocycles. The van der Waals surface area contributed by atoms with Crippen molar-refractivity contribution >= 4 is 11.5 Å². The van der Waals surface area contributed by atoms with Gasteiger partial charge in [0.25, 0.3) is 5.69 Å². The van der Waals surface area contributed by atoms with E-state index in [1.54, 1.807) is 19.2 Å². The number of carbonyl (C=O) groups is 1. The Bertz CT molecular complexity index is 443. The molecule has 1 atom stereocenters. The summed E-state index contributed by atoms with van der Waals surface area (Å²) < 4.78 is 0. The first-order valence-electron chi connectivity index (χ1n) is 6.15. The summed E-state index contributed by atoms with van der Waals surface area (Å²) in [6, 6.07) is 5.91. The highest BCUT2D eigenvalue weighted by atomic mass is 16.6. The highest BCUT2D eigenvalue weighted by Crippen LogP contribution is 2.14. The number of carbonyl (C=O) groups excluding carboxylic acids is 1. The third-order valence-electron chi connectivity index (χ3n) is 2.82. The number of nitro benzene ring substituents is 1. The molecule has 2 N–H and O–H groups in total. The average Bonchev–Trinajstić information content (AvgIpc) is 2.37. The number of nitrogens with one attached hydrogen (secondary N) is 2. The van der Waals surface area contributed by atoms with Gasteiger partial charge in [0.05, 0.1) is 11.0 Å². The number of benzene rings is 1. The van der Waals surface area contributed by atoms with E-state index in [0.717, 1.165) is 5.56 Å². The summed E-state index contributed by atoms with van der Waals surface area (Å²) in [4.78, 5) is 22.1. The van der Waals surface area contributed by atoms with E-state index >= 15 is 0 Å². The van der Waals surface area contributed by atoms with Crippen LogP contribution in [0.4, 0.5) is 5.69 Å². The summed E-state index contributed by atoms with van der Waals surface area (Å²) in [5, 5.41) is 10.6. The zero-order chi connectivity index (χ0) is 14.4. The van der Waals surface area contributed by atoms with Crippen molar-refractivity contribution in [1.29, 1.82) is 0 Å². The van der Waals surface area contributed by atoms with Gasteiger partial charge in [0.2, 0.25) is 0 Å². The summed E-state index contributed by atoms with van der Waals surface area (Å²) in [5.41, 5.74) is 6.63. The number of hydrazine groups is 1. The Morgan fingerprint density at radius 2 is 1.89 bits per heavy atom. The summed E-state index contributed by atoms with van der Waals surface area (Å²) in [5.74, 6) is 0.0385. The molecular weight excluding hydrogens is 246 g/mol. The Labute approximate surface area is 112 Å². The molecule has 1 unspecified atom stereocenters. The van der Waals surface area contributed by atoms with Gasteiger partial charge < -0.3 is 0 Å². The molecule has 0 aromatic heterocycles. The molecule has 0 aliphatic rings. The van der Waals surface area contributed by atoms with Crippen LogP contribution in [0.1, 0.15) is 19.4 Å². The number of hydrogen-bond acceptors (Lipinski definition) is 5. The maximum atomic E-state index is 12.0. The van der Waals surface area contributed by atoms with Crippen LogP contribution < -0.4 is 10.9 Å². The van der Waals surface area contributed by atoms with Gasteiger partial charge in [0.1, 0.15) is 0 Å². The Morgan fingerprint density at radius 1 is 1.32 bits per heavy atom. The van der Waals surface area contributed by atoms with E-state index < -0.39 is 4.92 Å². The molecule has 1 rings (SSSR count). The van der Waals surface area contributed by atoms with E-state index in [9.17, 15) is 14.9 Å². The zero-order valence-corrected chi connectivity index (χ0v) is 11.3. The number of ketones is 1. The molecule has 0 saturated heterocycles. The zero-order valence-electron chi connectivity index (χ0n) is 11.3. The third kappa shape index (κ3) is 4.42. The summed E-state index contributed by atoms with van der Waals surface area (Å²) in [7, 11) is 1.70. The molecule has 19 heavy (non-hydrogen) atoms. The first kappa shape index (κ1) is 15.3. The number of Topliss-reactive ketones (excluding diaryl/α,β-unsaturated/α-hetero) is 1. The van der Waals surface area contributed by atoms with Crippen LogP contribution in [0.5, 0.6) is 0 Å². The number of non-ortho nitro benzene ring substituents is 1. The molecule has 6 heteroatoms. The predicted octanol–water partition coefficient (Wildman–Crippen LogP) is 1.45. The summed E-state index contributed by atoms with van der Waals surface area (Å²) >= 11 is 0. The van der Waals surface area contributed by atoms with Gasteiger partial charge in [-0.1, -0.05) is 26.0 Å². The molecular formula is C13H19N3O3. The maximum Gasteiger partial charge on any atom is 0.269 e. The molecule has 6 nitrogen and oxygen atoms in total. The monoisotopic (exact) mass is 265 g/mol. The smallest absolute Gasteiger partial charge is 0.269 e. The number of nitrogens with zero attached hydrogens (tertiary/aromatic N) is 1. The molecule has 0 saturated carbocycles. The Kier molecular flexibility index (Phi) is 5.59. The van der Waals surface area contributed by atoms with Crippen molar-refractivity contribution in [3.8, 4) is 0 Å². The Morgan fingerprint density at radius 3 is 2.32 bits per heavy atom. The van der Waals surface area contributed by atoms with Gasteiger partial charge in [0, 0.05) is 18.1 Å². The van der Waals surface area contributed by atoms with Crippen LogP contribution in [0.25, 0.3) is 0 Å². The van der Waals surface area contributed by atoms with E-state index in [4.69, 9.17) is 0 Å². The second-order valence-corrected chi connectivity index (χ2v) is 4.63. The third-order valence-corrected chi connectivity index (χ3v) is 2.82. The fourth-order valence-corrected chi connectivity index (χ4v) is 1.79. The average molecular weight is 265 g/mol. The van der Waals surface area contributed by atoms with Gasteiger partial charge in [-0.3, -0.25) is 20.3 Å². The lowest BCUT2D eigenvalue weighted by molar-refractivity contribution is -0.384. The van der Waals surface area contributed by atoms with E-state index in [1.165, 1.54) is 12.1 Å². The molecule has 0 radical (unpaired) electrons. The minimum Gasteiger partial charge on any atom is -0.298 e. The predicted molar refractivity (Wildman–Crippen MR) is 72.6 cm³/mol. The van der Waals surface area contributed by atoms with Gasteiger partial charge >= 0.3 is 0 Å². The number of rotatable bonds is 7. The summed E-state index contributed by atoms with van der Waals surface area (Å²) in [6.07, 6.45) is 0.496. The van der Waals surface area contributed by atoms with Crippen molar-refractivity contribution in [2.75, 3.05) is 7.05 Å². The molecule has 0 fully saturated rings. The maximum absolute atomic E-state index is 12.0. The Balaban J connectivity index is 2.79. The molecule has 1 aromatic rings. The van der Waals surface area contributed by atoms with Gasteiger partial charge in [-0.25, -0.2) is 5.43 Å². The molecule has 0 amide bonds. The topological polar surface area (TPSA) is 84.3 Å². The van der Waals surface area contributed by atoms with Crippen LogP contribution in [0, 0.1) is 16.0 Å². The molecule has 104 valence electrons. The van der Waals surface area contributed by atoms with E-state index in [-0.39, 0.29) is 23.4 Å². The van der Waals surface area contributed by atoms with Crippen LogP contribution in [-0.2, 0) is 11.2 Å². The SMILES string of the molecule is CNNC(Cc1ccc([N+](=O)[O-])cc1)C(=O)C(C)C. The minimum absolute atomic E-state index is 0.0528. The normalized spacial score (nSPS) is 12.4. The van der Waals surface area contributed by atoms with Crippen molar-refractivity contribution in [3.05, 3.63) is 39.9 Å². The van der Waals surface area contributed by atoms with Crippen molar-refractivity contribution in [1.82, 2.24) is 10.9 Å². The van der Waals surface area contributed by atoms with Crippen molar-refractivity contribution in [3.63, 3.8) is 0 Å². The number of nitro groups is 1. The van der Waals surface area contributed by atoms with E-state index in [1.807, 2.05) is 13.8 Å². The Hall–Kier alpha value is -1.79. The van der Waals surface area contributed by atoms with Gasteiger partial charge in [0.15, 0.2) is 5.78 Å². The van der Waals surface area contributed by atoms with Crippen LogP contribution in [-0.4, -0.2) is 23.8 Å². The van der Waals surface area contributed by atoms with Gasteiger partial charge in [-0.05, 0) is 19.0 Å². The summed E-state index contributed by atoms with van der Waals surface area (Å²) in [6.45, 7) is 3.70. The second-order valence-electron chi connectivity index (χ2n) is 4.63. The molecule has 1 aromatic carbocycles. The number of hydrogen-bond donors (Lipinski definition) is 2. The first-order valence-corrected chi connectivity index (χ1v) is 6.15. The highest BCUT2D eigenvalue weighted by Gasteiger charge is 2.21. The minimum atomic E-state index is -0.438. The fourth-order valence-electron chi connectivity index (χ4n) is 1.79. The van der Waals surface area contributed by atoms with E-state index in [0.29, 0.717) is 6.42 Å². The standard InChI is InChI=1S/C13H19N3O3/c1-9(2)13(17)12(15-14-3)8-10-4-6-11(7-5-10)16(18)19/h4-7,9,12,14-15H,8H2,1-3H3. The largest absolute Gasteiger partial charge is 0.298 e. The molecule has 0 spiro atoms. The highest BCUT2D eigenvalue weighted by molar-refractivity contribution is 5.85. The van der Waals surface area contributed by atoms with Crippen molar-refractivity contribution in [2.24, 2.45) is 5.92 Å². The van der Waals surface area contributed by atoms with E-state index in [2.05, 4.69) is 10.9 Å². The quantitative estimate of drug-likeness (QED) is 0.576. The second kappa shape index (κ2) is 6.96. The van der Waals surface area contributed by atoms with Crippen molar-refractivity contribution < 1.29 is 9.72 Å². The van der Waals surface area contributed by atoms with Crippen LogP contribution in [0.3, 0.4) is 0 Å². The van der Waals surface area contributed by atoms with Crippen LogP contribution in [0.15, 0.2) is 24.3 Å². The first-order chi connectivity index (χ1) is 8.95. The van der Waals surface area contributed by atoms with Crippen LogP contribution in [0.2, 0.25) is 0 Å². The molecule has 0 aliphatic heterocycles. The lowest BCUT2D eigenvalue weighted by Crippen LogP contribution is -2.46. The molecule has 0 heterocycles. The lowest BCUT2D eigenvalue weighted by Gasteiger charge is -2.18. The molecule has 0 bridgehead atoms. The van der Waals surface area contributed by atoms with Gasteiger partial charge in [-0.2, -0.15) is 0 Å². The lowest BCUT2D eigenvalue weighted by atomic mass is 9.96. The fraction of sp³-hybridized carbons (Fsp3) is 0.462. The van der Waals surface area contributed by atoms with Crippen molar-refractivity contribution in [2.45, 2.75) is 26.3 Å². The van der Waals surface area contributed by atoms with Crippen LogP contribution >= 0.6 is 0 Å².